The van der Waals surface area contributed by atoms with E-state index in [2.05, 4.69) is 20.9 Å². The van der Waals surface area contributed by atoms with Gasteiger partial charge in [-0.1, -0.05) is 0 Å². The van der Waals surface area contributed by atoms with E-state index in [1.807, 2.05) is 0 Å². The molecule has 6 heteroatoms. The molecular weight excluding hydrogens is 306 g/mol. The minimum Gasteiger partial charge on any atom is -0.465 e. The molecule has 0 aliphatic carbocycles. The molecule has 0 bridgehead atoms. The van der Waals surface area contributed by atoms with Crippen LogP contribution in [-0.2, 0) is 4.74 Å². The lowest BCUT2D eigenvalue weighted by molar-refractivity contribution is 0.0603. The number of ether oxygens (including phenoxy) is 1. The number of halogens is 1. The van der Waals surface area contributed by atoms with Gasteiger partial charge in [0.2, 0.25) is 0 Å². The predicted octanol–water partition coefficient (Wildman–Crippen LogP) is 3.59. The quantitative estimate of drug-likeness (QED) is 0.644. The standard InChI is InChI=1S/C11H6BrNO3S/c1-15-10(14)6-4-7-8(13-11(12)17-7)9-5(6)2-3-16-9/h2-4H,1H3. The van der Waals surface area contributed by atoms with Gasteiger partial charge in [0.05, 0.1) is 23.6 Å². The van der Waals surface area contributed by atoms with Crippen molar-refractivity contribution >= 4 is 54.4 Å². The topological polar surface area (TPSA) is 52.3 Å². The van der Waals surface area contributed by atoms with Crippen molar-refractivity contribution in [2.24, 2.45) is 0 Å². The van der Waals surface area contributed by atoms with E-state index in [0.717, 1.165) is 19.5 Å². The maximum atomic E-state index is 11.7. The fraction of sp³-hybridized carbons (Fsp3) is 0.0909. The fourth-order valence-corrected chi connectivity index (χ4v) is 3.19. The summed E-state index contributed by atoms with van der Waals surface area (Å²) in [7, 11) is 1.36. The van der Waals surface area contributed by atoms with Crippen LogP contribution in [0.25, 0.3) is 21.2 Å². The van der Waals surface area contributed by atoms with E-state index in [-0.39, 0.29) is 5.97 Å². The van der Waals surface area contributed by atoms with Gasteiger partial charge in [-0.2, -0.15) is 0 Å². The molecule has 17 heavy (non-hydrogen) atoms. The molecule has 86 valence electrons. The number of esters is 1. The average Bonchev–Trinajstić information content (AvgIpc) is 2.91. The predicted molar refractivity (Wildman–Crippen MR) is 68.4 cm³/mol. The monoisotopic (exact) mass is 311 g/mol. The number of rotatable bonds is 1. The van der Waals surface area contributed by atoms with Crippen LogP contribution < -0.4 is 0 Å². The molecule has 0 atom stereocenters. The van der Waals surface area contributed by atoms with Gasteiger partial charge in [0.1, 0.15) is 5.52 Å². The van der Waals surface area contributed by atoms with Crippen molar-refractivity contribution in [2.45, 2.75) is 0 Å². The summed E-state index contributed by atoms with van der Waals surface area (Å²) < 4.78 is 11.8. The number of furan rings is 1. The summed E-state index contributed by atoms with van der Waals surface area (Å²) in [5, 5.41) is 0.724. The Morgan fingerprint density at radius 1 is 1.59 bits per heavy atom. The van der Waals surface area contributed by atoms with E-state index < -0.39 is 0 Å². The first-order valence-electron chi connectivity index (χ1n) is 4.75. The van der Waals surface area contributed by atoms with Crippen LogP contribution in [0.5, 0.6) is 0 Å². The van der Waals surface area contributed by atoms with Gasteiger partial charge >= 0.3 is 5.97 Å². The molecule has 0 amide bonds. The Labute approximate surface area is 108 Å². The van der Waals surface area contributed by atoms with Gasteiger partial charge in [-0.15, -0.1) is 11.3 Å². The molecule has 4 nitrogen and oxygen atoms in total. The highest BCUT2D eigenvalue weighted by Gasteiger charge is 2.17. The first-order chi connectivity index (χ1) is 8.20. The van der Waals surface area contributed by atoms with Crippen LogP contribution in [0.3, 0.4) is 0 Å². The number of fused-ring (bicyclic) bond motifs is 3. The van der Waals surface area contributed by atoms with Crippen molar-refractivity contribution in [1.82, 2.24) is 4.98 Å². The van der Waals surface area contributed by atoms with E-state index in [9.17, 15) is 4.79 Å². The second kappa shape index (κ2) is 3.82. The number of nitrogens with zero attached hydrogens (tertiary/aromatic N) is 1. The molecule has 0 saturated heterocycles. The van der Waals surface area contributed by atoms with Crippen LogP contribution in [0.1, 0.15) is 10.4 Å². The zero-order valence-electron chi connectivity index (χ0n) is 8.69. The van der Waals surface area contributed by atoms with Crippen LogP contribution in [-0.4, -0.2) is 18.1 Å². The Hall–Kier alpha value is -1.40. The summed E-state index contributed by atoms with van der Waals surface area (Å²) in [4.78, 5) is 16.0. The lowest BCUT2D eigenvalue weighted by atomic mass is 10.1. The SMILES string of the molecule is COC(=O)c1cc2sc(Br)nc2c2occc12. The van der Waals surface area contributed by atoms with Crippen LogP contribution in [0.2, 0.25) is 0 Å². The number of carbonyl (C=O) groups excluding carboxylic acids is 1. The first-order valence-corrected chi connectivity index (χ1v) is 6.36. The molecule has 0 unspecified atom stereocenters. The van der Waals surface area contributed by atoms with Crippen LogP contribution in [0.4, 0.5) is 0 Å². The van der Waals surface area contributed by atoms with Gasteiger partial charge < -0.3 is 9.15 Å². The molecule has 0 spiro atoms. The summed E-state index contributed by atoms with van der Waals surface area (Å²) in [5.41, 5.74) is 1.87. The van der Waals surface area contributed by atoms with Crippen molar-refractivity contribution < 1.29 is 13.9 Å². The maximum Gasteiger partial charge on any atom is 0.338 e. The third kappa shape index (κ3) is 1.56. The fourth-order valence-electron chi connectivity index (χ4n) is 1.76. The van der Waals surface area contributed by atoms with E-state index in [4.69, 9.17) is 9.15 Å². The van der Waals surface area contributed by atoms with Crippen molar-refractivity contribution in [1.29, 1.82) is 0 Å². The molecular formula is C11H6BrNO3S. The number of hydrogen-bond acceptors (Lipinski definition) is 5. The molecule has 3 aromatic rings. The average molecular weight is 312 g/mol. The van der Waals surface area contributed by atoms with Gasteiger partial charge in [-0.3, -0.25) is 0 Å². The minimum absolute atomic E-state index is 0.372. The zero-order valence-corrected chi connectivity index (χ0v) is 11.1. The first kappa shape index (κ1) is 10.7. The Kier molecular flexibility index (Phi) is 2.41. The lowest BCUT2D eigenvalue weighted by Crippen LogP contribution is -2.01. The molecule has 0 aliphatic rings. The number of hydrogen-bond donors (Lipinski definition) is 0. The van der Waals surface area contributed by atoms with Crippen LogP contribution >= 0.6 is 27.3 Å². The largest absolute Gasteiger partial charge is 0.465 e. The van der Waals surface area contributed by atoms with E-state index in [0.29, 0.717) is 11.1 Å². The molecule has 1 aromatic carbocycles. The summed E-state index contributed by atoms with van der Waals surface area (Å²) in [6.07, 6.45) is 1.55. The molecule has 0 N–H and O–H groups in total. The van der Waals surface area contributed by atoms with Crippen LogP contribution in [0, 0.1) is 0 Å². The van der Waals surface area contributed by atoms with Crippen LogP contribution in [0.15, 0.2) is 26.7 Å². The van der Waals surface area contributed by atoms with E-state index >= 15 is 0 Å². The molecule has 0 radical (unpaired) electrons. The Bertz CT molecular complexity index is 731. The van der Waals surface area contributed by atoms with E-state index in [1.165, 1.54) is 18.4 Å². The Morgan fingerprint density at radius 3 is 3.18 bits per heavy atom. The number of benzene rings is 1. The molecule has 2 heterocycles. The Morgan fingerprint density at radius 2 is 2.41 bits per heavy atom. The number of methoxy groups -OCH3 is 1. The summed E-state index contributed by atoms with van der Waals surface area (Å²) in [6, 6.07) is 3.52. The Balaban J connectivity index is 2.47. The van der Waals surface area contributed by atoms with Crippen molar-refractivity contribution in [3.05, 3.63) is 27.9 Å². The second-order valence-corrected chi connectivity index (χ2v) is 5.70. The zero-order chi connectivity index (χ0) is 12.0. The smallest absolute Gasteiger partial charge is 0.338 e. The van der Waals surface area contributed by atoms with Gasteiger partial charge in [0.25, 0.3) is 0 Å². The van der Waals surface area contributed by atoms with Gasteiger partial charge in [0, 0.05) is 5.39 Å². The lowest BCUT2D eigenvalue weighted by Gasteiger charge is -2.00. The number of carbonyl (C=O) groups is 1. The van der Waals surface area contributed by atoms with E-state index in [1.54, 1.807) is 18.4 Å². The molecule has 3 rings (SSSR count). The van der Waals surface area contributed by atoms with Crippen molar-refractivity contribution in [3.63, 3.8) is 0 Å². The van der Waals surface area contributed by atoms with Gasteiger partial charge in [0.15, 0.2) is 9.50 Å². The van der Waals surface area contributed by atoms with Gasteiger partial charge in [-0.25, -0.2) is 9.78 Å². The summed E-state index contributed by atoms with van der Waals surface area (Å²) >= 11 is 4.78. The molecule has 0 saturated carbocycles. The van der Waals surface area contributed by atoms with Crippen molar-refractivity contribution in [2.75, 3.05) is 7.11 Å². The normalized spacial score (nSPS) is 11.2. The summed E-state index contributed by atoms with van der Waals surface area (Å²) in [5.74, 6) is -0.372. The van der Waals surface area contributed by atoms with Crippen molar-refractivity contribution in [3.8, 4) is 0 Å². The highest BCUT2D eigenvalue weighted by molar-refractivity contribution is 9.11. The third-order valence-corrected chi connectivity index (χ3v) is 3.93. The molecule has 0 aliphatic heterocycles. The highest BCUT2D eigenvalue weighted by Crippen LogP contribution is 2.34. The maximum absolute atomic E-state index is 11.7. The molecule has 0 fully saturated rings. The number of thiazole rings is 1. The third-order valence-electron chi connectivity index (χ3n) is 2.48. The minimum atomic E-state index is -0.372. The van der Waals surface area contributed by atoms with Gasteiger partial charge in [-0.05, 0) is 28.1 Å². The summed E-state index contributed by atoms with van der Waals surface area (Å²) in [6.45, 7) is 0. The number of aromatic nitrogens is 1. The molecule has 2 aromatic heterocycles. The second-order valence-electron chi connectivity index (χ2n) is 3.39. The highest BCUT2D eigenvalue weighted by atomic mass is 79.9.